The Bertz CT molecular complexity index is 1880. The van der Waals surface area contributed by atoms with Crippen LogP contribution in [0, 0.1) is 0 Å². The topological polar surface area (TPSA) is 85.6 Å². The van der Waals surface area contributed by atoms with Crippen molar-refractivity contribution in [2.45, 2.75) is 0 Å². The predicted molar refractivity (Wildman–Crippen MR) is 163 cm³/mol. The molecule has 7 heteroatoms. The van der Waals surface area contributed by atoms with Crippen molar-refractivity contribution in [2.24, 2.45) is 0 Å². The van der Waals surface area contributed by atoms with Gasteiger partial charge in [-0.3, -0.25) is 0 Å². The van der Waals surface area contributed by atoms with Crippen LogP contribution in [0.2, 0.25) is 0 Å². The molecule has 0 bridgehead atoms. The lowest BCUT2D eigenvalue weighted by Gasteiger charge is -2.18. The maximum Gasteiger partial charge on any atom is 0.228 e. The highest BCUT2D eigenvalue weighted by Gasteiger charge is 2.23. The molecular weight excluding hydrogens is 498 g/mol. The zero-order valence-corrected chi connectivity index (χ0v) is 22.8. The van der Waals surface area contributed by atoms with Crippen molar-refractivity contribution in [1.29, 1.82) is 0 Å². The molecule has 0 spiro atoms. The molecule has 7 nitrogen and oxygen atoms in total. The van der Waals surface area contributed by atoms with Crippen LogP contribution in [0.25, 0.3) is 55.4 Å². The van der Waals surface area contributed by atoms with Crippen LogP contribution in [0.5, 0.6) is 11.5 Å². The first kappa shape index (κ1) is 25.1. The maximum absolute atomic E-state index is 11.9. The smallest absolute Gasteiger partial charge is 0.228 e. The minimum Gasteiger partial charge on any atom is -0.507 e. The number of phenolic OH excluding ortho intramolecular Hbond substituents is 2. The fourth-order valence-electron chi connectivity index (χ4n) is 5.01. The molecule has 0 atom stereocenters. The van der Waals surface area contributed by atoms with Crippen LogP contribution in [0.4, 0.5) is 11.6 Å². The number of anilines is 2. The third-order valence-corrected chi connectivity index (χ3v) is 7.09. The van der Waals surface area contributed by atoms with E-state index in [9.17, 15) is 10.2 Å². The van der Waals surface area contributed by atoms with Gasteiger partial charge in [-0.1, -0.05) is 54.6 Å². The van der Waals surface area contributed by atoms with Gasteiger partial charge in [-0.05, 0) is 57.9 Å². The normalized spacial score (nSPS) is 11.2. The zero-order chi connectivity index (χ0) is 28.0. The van der Waals surface area contributed by atoms with Crippen LogP contribution < -0.4 is 9.80 Å². The lowest BCUT2D eigenvalue weighted by molar-refractivity contribution is 0.471. The number of hydrogen-bond donors (Lipinski definition) is 2. The number of fused-ring (bicyclic) bond motifs is 2. The Labute approximate surface area is 232 Å². The predicted octanol–water partition coefficient (Wildman–Crippen LogP) is 6.72. The monoisotopic (exact) mass is 527 g/mol. The van der Waals surface area contributed by atoms with Gasteiger partial charge in [0, 0.05) is 50.6 Å². The summed E-state index contributed by atoms with van der Waals surface area (Å²) in [6.07, 6.45) is 0. The van der Waals surface area contributed by atoms with Gasteiger partial charge in [0.05, 0.1) is 5.56 Å². The Morgan fingerprint density at radius 2 is 1.20 bits per heavy atom. The van der Waals surface area contributed by atoms with Crippen molar-refractivity contribution in [3.8, 4) is 45.4 Å². The van der Waals surface area contributed by atoms with Crippen LogP contribution in [-0.2, 0) is 0 Å². The van der Waals surface area contributed by atoms with Gasteiger partial charge in [-0.2, -0.15) is 9.97 Å². The first-order valence-corrected chi connectivity index (χ1v) is 13.0. The molecule has 0 saturated carbocycles. The molecule has 0 fully saturated rings. The van der Waals surface area contributed by atoms with Crippen LogP contribution in [-0.4, -0.2) is 53.4 Å². The summed E-state index contributed by atoms with van der Waals surface area (Å²) in [6.45, 7) is 0. The number of benzene rings is 5. The molecule has 198 valence electrons. The molecule has 40 heavy (non-hydrogen) atoms. The fourth-order valence-corrected chi connectivity index (χ4v) is 5.01. The van der Waals surface area contributed by atoms with E-state index in [0.29, 0.717) is 34.3 Å². The van der Waals surface area contributed by atoms with Crippen molar-refractivity contribution in [3.05, 3.63) is 91.0 Å². The Morgan fingerprint density at radius 1 is 0.575 bits per heavy atom. The zero-order valence-electron chi connectivity index (χ0n) is 22.8. The van der Waals surface area contributed by atoms with Crippen LogP contribution in [0.15, 0.2) is 91.0 Å². The Kier molecular flexibility index (Phi) is 6.19. The Balaban J connectivity index is 1.64. The van der Waals surface area contributed by atoms with E-state index in [1.54, 1.807) is 6.07 Å². The van der Waals surface area contributed by atoms with E-state index >= 15 is 0 Å². The van der Waals surface area contributed by atoms with Crippen molar-refractivity contribution in [3.63, 3.8) is 0 Å². The van der Waals surface area contributed by atoms with Gasteiger partial charge in [0.2, 0.25) is 5.95 Å². The van der Waals surface area contributed by atoms with Gasteiger partial charge in [0.15, 0.2) is 11.6 Å². The summed E-state index contributed by atoms with van der Waals surface area (Å²) in [4.78, 5) is 18.1. The van der Waals surface area contributed by atoms with Gasteiger partial charge >= 0.3 is 0 Å². The average molecular weight is 528 g/mol. The van der Waals surface area contributed by atoms with Gasteiger partial charge in [-0.25, -0.2) is 4.98 Å². The van der Waals surface area contributed by atoms with Crippen molar-refractivity contribution in [2.75, 3.05) is 38.0 Å². The molecule has 0 unspecified atom stereocenters. The van der Waals surface area contributed by atoms with Crippen LogP contribution in [0.3, 0.4) is 0 Å². The highest BCUT2D eigenvalue weighted by Crippen LogP contribution is 2.48. The molecule has 5 aromatic carbocycles. The van der Waals surface area contributed by atoms with Crippen LogP contribution >= 0.6 is 0 Å². The van der Waals surface area contributed by atoms with E-state index in [-0.39, 0.29) is 11.5 Å². The Hall–Kier alpha value is -5.17. The summed E-state index contributed by atoms with van der Waals surface area (Å²) < 4.78 is 0. The molecule has 0 aliphatic rings. The van der Waals surface area contributed by atoms with Crippen molar-refractivity contribution < 1.29 is 10.2 Å². The van der Waals surface area contributed by atoms with Gasteiger partial charge in [0.25, 0.3) is 0 Å². The van der Waals surface area contributed by atoms with E-state index in [1.807, 2.05) is 123 Å². The summed E-state index contributed by atoms with van der Waals surface area (Å²) >= 11 is 0. The van der Waals surface area contributed by atoms with Gasteiger partial charge in [-0.15, -0.1) is 0 Å². The summed E-state index contributed by atoms with van der Waals surface area (Å²) in [5, 5.41) is 26.6. The quantitative estimate of drug-likeness (QED) is 0.257. The van der Waals surface area contributed by atoms with Gasteiger partial charge in [0.1, 0.15) is 11.5 Å². The van der Waals surface area contributed by atoms with E-state index in [1.165, 1.54) is 0 Å². The summed E-state index contributed by atoms with van der Waals surface area (Å²) in [6, 6.07) is 29.1. The van der Waals surface area contributed by atoms with Crippen molar-refractivity contribution >= 4 is 33.2 Å². The highest BCUT2D eigenvalue weighted by atomic mass is 16.3. The molecule has 0 aliphatic heterocycles. The highest BCUT2D eigenvalue weighted by molar-refractivity contribution is 6.11. The molecule has 6 rings (SSSR count). The number of aromatic nitrogens is 3. The summed E-state index contributed by atoms with van der Waals surface area (Å²) in [7, 11) is 7.73. The minimum absolute atomic E-state index is 0.00448. The molecule has 2 N–H and O–H groups in total. The first-order valence-electron chi connectivity index (χ1n) is 13.0. The van der Waals surface area contributed by atoms with E-state index in [4.69, 9.17) is 15.0 Å². The largest absolute Gasteiger partial charge is 0.507 e. The second kappa shape index (κ2) is 9.85. The van der Waals surface area contributed by atoms with Crippen LogP contribution in [0.1, 0.15) is 0 Å². The van der Waals surface area contributed by atoms with Gasteiger partial charge < -0.3 is 20.0 Å². The number of aromatic hydroxyl groups is 2. The molecule has 0 radical (unpaired) electrons. The fraction of sp³-hybridized carbons (Fsp3) is 0.121. The average Bonchev–Trinajstić information content (AvgIpc) is 2.97. The summed E-state index contributed by atoms with van der Waals surface area (Å²) in [5.41, 5.74) is 3.46. The lowest BCUT2D eigenvalue weighted by Crippen LogP contribution is -2.14. The molecule has 6 aromatic rings. The first-order chi connectivity index (χ1) is 19.3. The molecule has 0 amide bonds. The van der Waals surface area contributed by atoms with E-state index in [2.05, 4.69) is 0 Å². The second-order valence-electron chi connectivity index (χ2n) is 10.2. The molecule has 1 heterocycles. The minimum atomic E-state index is -0.00448. The third kappa shape index (κ3) is 4.31. The molecule has 0 saturated heterocycles. The third-order valence-electron chi connectivity index (χ3n) is 7.09. The lowest BCUT2D eigenvalue weighted by atomic mass is 9.90. The molecular formula is C33H29N5O2. The maximum atomic E-state index is 11.9. The van der Waals surface area contributed by atoms with E-state index in [0.717, 1.165) is 32.8 Å². The second-order valence-corrected chi connectivity index (χ2v) is 10.2. The van der Waals surface area contributed by atoms with Crippen molar-refractivity contribution in [1.82, 2.24) is 15.0 Å². The number of nitrogens with zero attached hydrogens (tertiary/aromatic N) is 5. The van der Waals surface area contributed by atoms with E-state index < -0.39 is 0 Å². The Morgan fingerprint density at radius 3 is 1.88 bits per heavy atom. The summed E-state index contributed by atoms with van der Waals surface area (Å²) in [5.74, 6) is 1.40. The number of phenols is 2. The molecule has 1 aromatic heterocycles. The molecule has 0 aliphatic carbocycles. The number of hydrogen-bond acceptors (Lipinski definition) is 7. The SMILES string of the molecule is CN(C)c1ccc(-c2nc(-c3cc4ccccc4c(-c4c(O)ccc5ccccc45)c3O)nc(N(C)C)n2)cc1. The standard InChI is InChI=1S/C33H29N5O2/c1-37(2)23-16-13-21(14-17-23)31-34-32(36-33(35-31)38(3)4)26-19-22-10-6-8-12-25(22)29(30(26)40)28-24-11-7-5-9-20(24)15-18-27(28)39/h5-19,39-40H,1-4H3. The number of rotatable bonds is 5.